The molecule has 124 valence electrons. The van der Waals surface area contributed by atoms with Crippen LogP contribution in [0, 0.1) is 20.8 Å². The van der Waals surface area contributed by atoms with Crippen LogP contribution < -0.4 is 9.64 Å². The predicted octanol–water partition coefficient (Wildman–Crippen LogP) is 3.61. The number of amides is 1. The van der Waals surface area contributed by atoms with E-state index in [1.54, 1.807) is 11.0 Å². The van der Waals surface area contributed by atoms with Crippen molar-refractivity contribution in [1.29, 1.82) is 0 Å². The number of carbonyl (C=O) groups excluding carboxylic acids is 2. The summed E-state index contributed by atoms with van der Waals surface area (Å²) in [5.41, 5.74) is 4.43. The highest BCUT2D eigenvalue weighted by atomic mass is 16.5. The van der Waals surface area contributed by atoms with Gasteiger partial charge in [0.2, 0.25) is 0 Å². The lowest BCUT2D eigenvalue weighted by molar-refractivity contribution is -0.114. The molecule has 0 spiro atoms. The van der Waals surface area contributed by atoms with Gasteiger partial charge in [0.05, 0.1) is 17.9 Å². The molecule has 0 bridgehead atoms. The van der Waals surface area contributed by atoms with E-state index in [-0.39, 0.29) is 0 Å². The molecule has 0 aromatic heterocycles. The van der Waals surface area contributed by atoms with Gasteiger partial charge in [0.25, 0.3) is 11.7 Å². The van der Waals surface area contributed by atoms with Gasteiger partial charge in [0.1, 0.15) is 5.75 Å². The normalized spacial score (nSPS) is 13.4. The predicted molar refractivity (Wildman–Crippen MR) is 93.9 cm³/mol. The van der Waals surface area contributed by atoms with Gasteiger partial charge in [-0.3, -0.25) is 9.59 Å². The molecule has 0 N–H and O–H groups in total. The minimum absolute atomic E-state index is 0.406. The number of hydrogen-bond acceptors (Lipinski definition) is 3. The summed E-state index contributed by atoms with van der Waals surface area (Å²) in [5, 5.41) is 0. The summed E-state index contributed by atoms with van der Waals surface area (Å²) in [5.74, 6) is -0.0260. The Labute approximate surface area is 142 Å². The number of rotatable bonds is 5. The summed E-state index contributed by atoms with van der Waals surface area (Å²) in [6.07, 6.45) is 0.666. The number of nitrogens with zero attached hydrogens (tertiary/aromatic N) is 1. The zero-order valence-electron chi connectivity index (χ0n) is 14.3. The second kappa shape index (κ2) is 6.48. The van der Waals surface area contributed by atoms with E-state index in [9.17, 15) is 9.59 Å². The van der Waals surface area contributed by atoms with Gasteiger partial charge in [-0.05, 0) is 56.5 Å². The molecular weight excluding hydrogens is 302 g/mol. The monoisotopic (exact) mass is 323 g/mol. The Morgan fingerprint density at radius 2 is 1.67 bits per heavy atom. The lowest BCUT2D eigenvalue weighted by Crippen LogP contribution is -2.31. The molecule has 0 unspecified atom stereocenters. The first kappa shape index (κ1) is 16.2. The first-order chi connectivity index (χ1) is 11.5. The lowest BCUT2D eigenvalue weighted by Gasteiger charge is -2.19. The molecule has 0 saturated heterocycles. The van der Waals surface area contributed by atoms with Gasteiger partial charge in [0, 0.05) is 6.54 Å². The van der Waals surface area contributed by atoms with Crippen molar-refractivity contribution in [2.75, 3.05) is 18.1 Å². The fourth-order valence-corrected chi connectivity index (χ4v) is 3.09. The fourth-order valence-electron chi connectivity index (χ4n) is 3.09. The molecule has 1 aliphatic rings. The maximum Gasteiger partial charge on any atom is 0.299 e. The number of anilines is 1. The second-order valence-corrected chi connectivity index (χ2v) is 6.28. The molecule has 2 aromatic rings. The highest BCUT2D eigenvalue weighted by molar-refractivity contribution is 6.52. The van der Waals surface area contributed by atoms with Crippen LogP contribution in [0.15, 0.2) is 36.4 Å². The topological polar surface area (TPSA) is 46.6 Å². The maximum absolute atomic E-state index is 12.3. The van der Waals surface area contributed by atoms with Crippen molar-refractivity contribution in [2.24, 2.45) is 0 Å². The van der Waals surface area contributed by atoms with Crippen molar-refractivity contribution < 1.29 is 14.3 Å². The SMILES string of the molecule is Cc1ccc(OCCCN2C(=O)C(=O)c3cc(C)cc(C)c32)cc1. The van der Waals surface area contributed by atoms with Crippen LogP contribution in [0.25, 0.3) is 0 Å². The second-order valence-electron chi connectivity index (χ2n) is 6.28. The molecule has 3 rings (SSSR count). The molecule has 0 atom stereocenters. The van der Waals surface area contributed by atoms with Crippen molar-refractivity contribution in [2.45, 2.75) is 27.2 Å². The molecule has 1 amide bonds. The highest BCUT2D eigenvalue weighted by Crippen LogP contribution is 2.33. The van der Waals surface area contributed by atoms with Gasteiger partial charge in [0.15, 0.2) is 0 Å². The van der Waals surface area contributed by atoms with Gasteiger partial charge >= 0.3 is 0 Å². The van der Waals surface area contributed by atoms with E-state index < -0.39 is 11.7 Å². The number of Topliss-reactive ketones (excluding diaryl/α,β-unsaturated/α-hetero) is 1. The molecule has 0 aliphatic carbocycles. The molecule has 2 aromatic carbocycles. The summed E-state index contributed by atoms with van der Waals surface area (Å²) in [4.78, 5) is 26.0. The zero-order valence-corrected chi connectivity index (χ0v) is 14.3. The van der Waals surface area contributed by atoms with Crippen molar-refractivity contribution in [1.82, 2.24) is 0 Å². The summed E-state index contributed by atoms with van der Waals surface area (Å²) < 4.78 is 5.70. The molecule has 4 heteroatoms. The van der Waals surface area contributed by atoms with Crippen LogP contribution >= 0.6 is 0 Å². The van der Waals surface area contributed by atoms with Crippen molar-refractivity contribution in [3.8, 4) is 5.75 Å². The smallest absolute Gasteiger partial charge is 0.299 e. The highest BCUT2D eigenvalue weighted by Gasteiger charge is 2.36. The zero-order chi connectivity index (χ0) is 17.3. The largest absolute Gasteiger partial charge is 0.494 e. The van der Waals surface area contributed by atoms with E-state index in [1.807, 2.05) is 51.1 Å². The Hall–Kier alpha value is -2.62. The Morgan fingerprint density at radius 3 is 2.38 bits per heavy atom. The average Bonchev–Trinajstić information content (AvgIpc) is 2.78. The van der Waals surface area contributed by atoms with Crippen LogP contribution in [0.3, 0.4) is 0 Å². The van der Waals surface area contributed by atoms with Crippen LogP contribution in [0.2, 0.25) is 0 Å². The molecule has 4 nitrogen and oxygen atoms in total. The van der Waals surface area contributed by atoms with Gasteiger partial charge < -0.3 is 9.64 Å². The van der Waals surface area contributed by atoms with E-state index >= 15 is 0 Å². The number of hydrogen-bond donors (Lipinski definition) is 0. The first-order valence-electron chi connectivity index (χ1n) is 8.14. The molecule has 0 fully saturated rings. The molecular formula is C20H21NO3. The van der Waals surface area contributed by atoms with Crippen LogP contribution in [0.4, 0.5) is 5.69 Å². The molecule has 1 heterocycles. The molecule has 0 saturated carbocycles. The third kappa shape index (κ3) is 3.04. The van der Waals surface area contributed by atoms with E-state index in [1.165, 1.54) is 5.56 Å². The minimum atomic E-state index is -0.436. The van der Waals surface area contributed by atoms with Crippen molar-refractivity contribution in [3.63, 3.8) is 0 Å². The van der Waals surface area contributed by atoms with E-state index in [0.29, 0.717) is 25.1 Å². The van der Waals surface area contributed by atoms with E-state index in [4.69, 9.17) is 4.74 Å². The standard InChI is InChI=1S/C20H21NO3/c1-13-5-7-16(8-6-13)24-10-4-9-21-18-15(3)11-14(2)12-17(18)19(22)20(21)23/h5-8,11-12H,4,9-10H2,1-3H3. The van der Waals surface area contributed by atoms with Crippen LogP contribution in [-0.2, 0) is 4.79 Å². The van der Waals surface area contributed by atoms with Gasteiger partial charge in [-0.2, -0.15) is 0 Å². The van der Waals surface area contributed by atoms with Gasteiger partial charge in [-0.25, -0.2) is 0 Å². The van der Waals surface area contributed by atoms with Crippen LogP contribution in [0.5, 0.6) is 5.75 Å². The number of ether oxygens (including phenoxy) is 1. The molecule has 0 radical (unpaired) electrons. The Balaban J connectivity index is 1.65. The Kier molecular flexibility index (Phi) is 4.38. The summed E-state index contributed by atoms with van der Waals surface area (Å²) >= 11 is 0. The maximum atomic E-state index is 12.3. The Morgan fingerprint density at radius 1 is 0.958 bits per heavy atom. The quantitative estimate of drug-likeness (QED) is 0.624. The van der Waals surface area contributed by atoms with Gasteiger partial charge in [-0.1, -0.05) is 23.8 Å². The van der Waals surface area contributed by atoms with Crippen molar-refractivity contribution in [3.05, 3.63) is 58.7 Å². The number of benzene rings is 2. The fraction of sp³-hybridized carbons (Fsp3) is 0.300. The number of carbonyl (C=O) groups is 2. The van der Waals surface area contributed by atoms with Crippen molar-refractivity contribution >= 4 is 17.4 Å². The number of fused-ring (bicyclic) bond motifs is 1. The summed E-state index contributed by atoms with van der Waals surface area (Å²) in [6, 6.07) is 11.7. The van der Waals surface area contributed by atoms with Crippen LogP contribution in [0.1, 0.15) is 33.5 Å². The third-order valence-corrected chi connectivity index (χ3v) is 4.21. The third-order valence-electron chi connectivity index (χ3n) is 4.21. The first-order valence-corrected chi connectivity index (χ1v) is 8.14. The number of aryl methyl sites for hydroxylation is 3. The van der Waals surface area contributed by atoms with Gasteiger partial charge in [-0.15, -0.1) is 0 Å². The molecule has 24 heavy (non-hydrogen) atoms. The summed E-state index contributed by atoms with van der Waals surface area (Å²) in [6.45, 7) is 6.88. The molecule has 1 aliphatic heterocycles. The van der Waals surface area contributed by atoms with E-state index in [0.717, 1.165) is 22.6 Å². The average molecular weight is 323 g/mol. The van der Waals surface area contributed by atoms with Crippen LogP contribution in [-0.4, -0.2) is 24.8 Å². The Bertz CT molecular complexity index is 793. The lowest BCUT2D eigenvalue weighted by atomic mass is 10.0. The number of ketones is 1. The minimum Gasteiger partial charge on any atom is -0.494 e. The van der Waals surface area contributed by atoms with E-state index in [2.05, 4.69) is 0 Å². The summed E-state index contributed by atoms with van der Waals surface area (Å²) in [7, 11) is 0.